The molecular formula is C17H19N7O. The van der Waals surface area contributed by atoms with Crippen molar-refractivity contribution in [3.63, 3.8) is 0 Å². The van der Waals surface area contributed by atoms with Gasteiger partial charge in [-0.3, -0.25) is 14.8 Å². The topological polar surface area (TPSA) is 103 Å². The van der Waals surface area contributed by atoms with Gasteiger partial charge in [0.1, 0.15) is 12.2 Å². The van der Waals surface area contributed by atoms with Crippen LogP contribution < -0.4 is 5.56 Å². The van der Waals surface area contributed by atoms with Gasteiger partial charge in [0, 0.05) is 49.7 Å². The highest BCUT2D eigenvalue weighted by Crippen LogP contribution is 2.20. The molecule has 0 saturated heterocycles. The molecule has 0 radical (unpaired) electrons. The van der Waals surface area contributed by atoms with Crippen LogP contribution in [0.2, 0.25) is 0 Å². The molecule has 2 N–H and O–H groups in total. The van der Waals surface area contributed by atoms with E-state index >= 15 is 0 Å². The van der Waals surface area contributed by atoms with Gasteiger partial charge in [-0.1, -0.05) is 0 Å². The molecular weight excluding hydrogens is 318 g/mol. The number of hydrogen-bond donors (Lipinski definition) is 2. The summed E-state index contributed by atoms with van der Waals surface area (Å²) in [6.07, 6.45) is 5.50. The quantitative estimate of drug-likeness (QED) is 0.742. The number of aryl methyl sites for hydroxylation is 2. The number of aromatic amines is 2. The first-order chi connectivity index (χ1) is 12.1. The first kappa shape index (κ1) is 15.6. The Hall–Kier alpha value is -2.87. The minimum atomic E-state index is -0.0887. The summed E-state index contributed by atoms with van der Waals surface area (Å²) in [5.74, 6) is 0.527. The molecule has 4 heterocycles. The van der Waals surface area contributed by atoms with Crippen LogP contribution >= 0.6 is 0 Å². The van der Waals surface area contributed by atoms with E-state index in [9.17, 15) is 4.79 Å². The van der Waals surface area contributed by atoms with Gasteiger partial charge in [-0.2, -0.15) is 5.10 Å². The molecule has 8 heteroatoms. The molecule has 3 aromatic rings. The third kappa shape index (κ3) is 2.96. The lowest BCUT2D eigenvalue weighted by Gasteiger charge is -2.27. The van der Waals surface area contributed by atoms with Gasteiger partial charge in [-0.05, 0) is 13.8 Å². The summed E-state index contributed by atoms with van der Waals surface area (Å²) in [4.78, 5) is 30.3. The summed E-state index contributed by atoms with van der Waals surface area (Å²) in [6.45, 7) is 6.25. The molecule has 4 rings (SSSR count). The summed E-state index contributed by atoms with van der Waals surface area (Å²) >= 11 is 0. The molecule has 3 aromatic heterocycles. The van der Waals surface area contributed by atoms with Crippen LogP contribution in [0.1, 0.15) is 28.2 Å². The first-order valence-corrected chi connectivity index (χ1v) is 8.22. The van der Waals surface area contributed by atoms with Crippen LogP contribution in [0.5, 0.6) is 0 Å². The van der Waals surface area contributed by atoms with Crippen LogP contribution in [-0.2, 0) is 19.5 Å². The van der Waals surface area contributed by atoms with E-state index in [0.29, 0.717) is 12.4 Å². The zero-order valence-corrected chi connectivity index (χ0v) is 14.2. The minimum absolute atomic E-state index is 0.0887. The van der Waals surface area contributed by atoms with E-state index in [-0.39, 0.29) is 5.56 Å². The molecule has 25 heavy (non-hydrogen) atoms. The van der Waals surface area contributed by atoms with Crippen LogP contribution in [0.3, 0.4) is 0 Å². The maximum Gasteiger partial charge on any atom is 0.255 e. The summed E-state index contributed by atoms with van der Waals surface area (Å²) in [5.41, 5.74) is 5.52. The Kier molecular flexibility index (Phi) is 3.89. The van der Waals surface area contributed by atoms with E-state index in [0.717, 1.165) is 47.7 Å². The van der Waals surface area contributed by atoms with E-state index < -0.39 is 0 Å². The average Bonchev–Trinajstić information content (AvgIpc) is 2.95. The van der Waals surface area contributed by atoms with Gasteiger partial charge in [0.15, 0.2) is 0 Å². The highest BCUT2D eigenvalue weighted by molar-refractivity contribution is 5.52. The Morgan fingerprint density at radius 2 is 2.04 bits per heavy atom. The number of nitrogens with zero attached hydrogens (tertiary/aromatic N) is 5. The second-order valence-corrected chi connectivity index (χ2v) is 6.34. The number of hydrogen-bond acceptors (Lipinski definition) is 6. The maximum atomic E-state index is 12.6. The van der Waals surface area contributed by atoms with Crippen molar-refractivity contribution < 1.29 is 0 Å². The predicted molar refractivity (Wildman–Crippen MR) is 91.8 cm³/mol. The van der Waals surface area contributed by atoms with Gasteiger partial charge in [-0.25, -0.2) is 15.0 Å². The molecule has 0 fully saturated rings. The number of nitrogens with one attached hydrogen (secondary N) is 2. The van der Waals surface area contributed by atoms with Crippen LogP contribution in [0, 0.1) is 13.8 Å². The minimum Gasteiger partial charge on any atom is -0.306 e. The smallest absolute Gasteiger partial charge is 0.255 e. The lowest BCUT2D eigenvalue weighted by Crippen LogP contribution is -2.35. The molecule has 0 saturated carbocycles. The molecule has 1 aliphatic rings. The number of H-pyrrole nitrogens is 2. The van der Waals surface area contributed by atoms with E-state index in [1.165, 1.54) is 11.9 Å². The normalized spacial score (nSPS) is 14.5. The summed E-state index contributed by atoms with van der Waals surface area (Å²) in [7, 11) is 0. The molecule has 128 valence electrons. The molecule has 0 spiro atoms. The van der Waals surface area contributed by atoms with E-state index in [2.05, 4.69) is 35.0 Å². The molecule has 0 aliphatic carbocycles. The molecule has 8 nitrogen and oxygen atoms in total. The van der Waals surface area contributed by atoms with Crippen molar-refractivity contribution in [2.45, 2.75) is 33.4 Å². The Balaban J connectivity index is 1.61. The largest absolute Gasteiger partial charge is 0.306 e. The van der Waals surface area contributed by atoms with Gasteiger partial charge in [0.2, 0.25) is 0 Å². The monoisotopic (exact) mass is 337 g/mol. The van der Waals surface area contributed by atoms with Crippen LogP contribution in [0.4, 0.5) is 0 Å². The summed E-state index contributed by atoms with van der Waals surface area (Å²) in [5, 5.41) is 7.26. The Bertz CT molecular complexity index is 941. The first-order valence-electron chi connectivity index (χ1n) is 8.22. The fraction of sp³-hybridized carbons (Fsp3) is 0.353. The number of rotatable bonds is 3. The third-order valence-electron chi connectivity index (χ3n) is 4.64. The van der Waals surface area contributed by atoms with Crippen molar-refractivity contribution in [2.24, 2.45) is 0 Å². The Morgan fingerprint density at radius 1 is 1.24 bits per heavy atom. The SMILES string of the molecule is Cc1n[nH]c(C)c1CN1CCc2nc(-c3cncnc3)[nH]c(=O)c2C1. The molecule has 1 aliphatic heterocycles. The average molecular weight is 337 g/mol. The van der Waals surface area contributed by atoms with E-state index in [1.807, 2.05) is 13.8 Å². The second-order valence-electron chi connectivity index (χ2n) is 6.34. The van der Waals surface area contributed by atoms with Crippen LogP contribution in [0.15, 0.2) is 23.5 Å². The fourth-order valence-electron chi connectivity index (χ4n) is 3.20. The molecule has 0 amide bonds. The lowest BCUT2D eigenvalue weighted by atomic mass is 10.1. The van der Waals surface area contributed by atoms with Crippen molar-refractivity contribution in [3.05, 3.63) is 57.3 Å². The Labute approximate surface area is 144 Å². The van der Waals surface area contributed by atoms with Crippen LogP contribution in [0.25, 0.3) is 11.4 Å². The van der Waals surface area contributed by atoms with Crippen molar-refractivity contribution in [2.75, 3.05) is 6.54 Å². The molecule has 0 unspecified atom stereocenters. The molecule has 0 bridgehead atoms. The van der Waals surface area contributed by atoms with Gasteiger partial charge >= 0.3 is 0 Å². The number of aromatic nitrogens is 6. The molecule has 0 aromatic carbocycles. The predicted octanol–water partition coefficient (Wildman–Crippen LogP) is 1.13. The van der Waals surface area contributed by atoms with E-state index in [4.69, 9.17) is 0 Å². The van der Waals surface area contributed by atoms with Gasteiger partial charge in [0.05, 0.1) is 22.5 Å². The third-order valence-corrected chi connectivity index (χ3v) is 4.64. The Morgan fingerprint density at radius 3 is 2.76 bits per heavy atom. The van der Waals surface area contributed by atoms with Crippen LogP contribution in [-0.4, -0.2) is 41.6 Å². The second kappa shape index (κ2) is 6.21. The zero-order valence-electron chi connectivity index (χ0n) is 14.2. The van der Waals surface area contributed by atoms with Crippen molar-refractivity contribution >= 4 is 0 Å². The van der Waals surface area contributed by atoms with Gasteiger partial charge in [-0.15, -0.1) is 0 Å². The van der Waals surface area contributed by atoms with Gasteiger partial charge < -0.3 is 4.98 Å². The summed E-state index contributed by atoms with van der Waals surface area (Å²) in [6, 6.07) is 0. The maximum absolute atomic E-state index is 12.6. The lowest BCUT2D eigenvalue weighted by molar-refractivity contribution is 0.241. The fourth-order valence-corrected chi connectivity index (χ4v) is 3.20. The standard InChI is InChI=1S/C17H19N7O/c1-10-13(11(2)23-22-10)7-24-4-3-15-14(8-24)17(25)21-16(20-15)12-5-18-9-19-6-12/h5-6,9H,3-4,7-8H2,1-2H3,(H,22,23)(H,20,21,25). The number of fused-ring (bicyclic) bond motifs is 1. The van der Waals surface area contributed by atoms with Gasteiger partial charge in [0.25, 0.3) is 5.56 Å². The highest BCUT2D eigenvalue weighted by Gasteiger charge is 2.23. The van der Waals surface area contributed by atoms with E-state index in [1.54, 1.807) is 12.4 Å². The van der Waals surface area contributed by atoms with Crippen molar-refractivity contribution in [1.82, 2.24) is 35.0 Å². The highest BCUT2D eigenvalue weighted by atomic mass is 16.1. The molecule has 0 atom stereocenters. The van der Waals surface area contributed by atoms with Crippen molar-refractivity contribution in [3.8, 4) is 11.4 Å². The summed E-state index contributed by atoms with van der Waals surface area (Å²) < 4.78 is 0. The van der Waals surface area contributed by atoms with Crippen molar-refractivity contribution in [1.29, 1.82) is 0 Å². The zero-order chi connectivity index (χ0) is 17.4.